The number of hydrogen-bond acceptors (Lipinski definition) is 3. The Kier molecular flexibility index (Phi) is 2.65. The third kappa shape index (κ3) is 1.82. The summed E-state index contributed by atoms with van der Waals surface area (Å²) in [7, 11) is 0. The van der Waals surface area contributed by atoms with Gasteiger partial charge in [0.25, 0.3) is 0 Å². The first-order chi connectivity index (χ1) is 8.65. The van der Waals surface area contributed by atoms with E-state index in [0.29, 0.717) is 27.1 Å². The number of halogens is 2. The molecule has 1 aromatic heterocycles. The fourth-order valence-corrected chi connectivity index (χ4v) is 2.38. The lowest BCUT2D eigenvalue weighted by Gasteiger charge is -2.03. The molecule has 2 aromatic carbocycles. The normalized spacial score (nSPS) is 11.0. The van der Waals surface area contributed by atoms with Gasteiger partial charge in [-0.25, -0.2) is 4.98 Å². The minimum Gasteiger partial charge on any atom is -0.508 e. The number of fused-ring (bicyclic) bond motifs is 1. The standard InChI is InChI=1S/C13H7Cl2NO2/c14-8-5-7(17)6-9(15)12(8)13-16-10-3-1-2-4-11(10)18-13/h1-6,17H. The molecular formula is C13H7Cl2NO2. The van der Waals surface area contributed by atoms with Crippen molar-refractivity contribution in [3.05, 3.63) is 46.4 Å². The molecule has 5 heteroatoms. The van der Waals surface area contributed by atoms with Gasteiger partial charge >= 0.3 is 0 Å². The van der Waals surface area contributed by atoms with E-state index in [0.717, 1.165) is 5.52 Å². The SMILES string of the molecule is Oc1cc(Cl)c(-c2nc3ccccc3o2)c(Cl)c1. The van der Waals surface area contributed by atoms with Crippen molar-refractivity contribution in [3.63, 3.8) is 0 Å². The maximum absolute atomic E-state index is 9.39. The molecular weight excluding hydrogens is 273 g/mol. The van der Waals surface area contributed by atoms with Crippen molar-refractivity contribution < 1.29 is 9.52 Å². The fraction of sp³-hybridized carbons (Fsp3) is 0. The Morgan fingerprint density at radius 2 is 1.72 bits per heavy atom. The van der Waals surface area contributed by atoms with Gasteiger partial charge in [0.05, 0.1) is 15.6 Å². The van der Waals surface area contributed by atoms with E-state index in [1.54, 1.807) is 0 Å². The van der Waals surface area contributed by atoms with E-state index in [-0.39, 0.29) is 5.75 Å². The number of benzene rings is 2. The van der Waals surface area contributed by atoms with Crippen LogP contribution < -0.4 is 0 Å². The number of oxazole rings is 1. The number of aromatic nitrogens is 1. The van der Waals surface area contributed by atoms with Crippen LogP contribution in [0.1, 0.15) is 0 Å². The minimum atomic E-state index is 0.00450. The van der Waals surface area contributed by atoms with Crippen LogP contribution >= 0.6 is 23.2 Å². The minimum absolute atomic E-state index is 0.00450. The highest BCUT2D eigenvalue weighted by atomic mass is 35.5. The van der Waals surface area contributed by atoms with Gasteiger partial charge in [-0.2, -0.15) is 0 Å². The van der Waals surface area contributed by atoms with Crippen LogP contribution in [0.25, 0.3) is 22.6 Å². The molecule has 18 heavy (non-hydrogen) atoms. The van der Waals surface area contributed by atoms with Crippen molar-refractivity contribution in [1.82, 2.24) is 4.98 Å². The van der Waals surface area contributed by atoms with Crippen LogP contribution in [0.15, 0.2) is 40.8 Å². The van der Waals surface area contributed by atoms with Crippen LogP contribution in [0, 0.1) is 0 Å². The second kappa shape index (κ2) is 4.19. The Hall–Kier alpha value is -1.71. The highest BCUT2D eigenvalue weighted by molar-refractivity contribution is 6.39. The summed E-state index contributed by atoms with van der Waals surface area (Å²) in [6.07, 6.45) is 0. The van der Waals surface area contributed by atoms with Crippen molar-refractivity contribution in [2.45, 2.75) is 0 Å². The molecule has 0 spiro atoms. The van der Waals surface area contributed by atoms with Crippen molar-refractivity contribution in [1.29, 1.82) is 0 Å². The summed E-state index contributed by atoms with van der Waals surface area (Å²) in [4.78, 5) is 4.32. The van der Waals surface area contributed by atoms with Crippen LogP contribution in [0.3, 0.4) is 0 Å². The van der Waals surface area contributed by atoms with Gasteiger partial charge in [-0.1, -0.05) is 35.3 Å². The molecule has 0 atom stereocenters. The molecule has 0 bridgehead atoms. The molecule has 3 nitrogen and oxygen atoms in total. The third-order valence-corrected chi connectivity index (χ3v) is 3.13. The first-order valence-electron chi connectivity index (χ1n) is 5.19. The molecule has 0 saturated carbocycles. The van der Waals surface area contributed by atoms with Gasteiger partial charge in [0.15, 0.2) is 5.58 Å². The summed E-state index contributed by atoms with van der Waals surface area (Å²) in [5, 5.41) is 9.98. The molecule has 0 aliphatic heterocycles. The summed E-state index contributed by atoms with van der Waals surface area (Å²) >= 11 is 12.1. The Bertz CT molecular complexity index is 681. The van der Waals surface area contributed by atoms with Gasteiger partial charge in [0, 0.05) is 0 Å². The molecule has 0 saturated heterocycles. The van der Waals surface area contributed by atoms with E-state index in [4.69, 9.17) is 27.6 Å². The molecule has 1 heterocycles. The summed E-state index contributed by atoms with van der Waals surface area (Å²) in [6, 6.07) is 10.2. The zero-order chi connectivity index (χ0) is 12.7. The second-order valence-electron chi connectivity index (χ2n) is 3.77. The molecule has 3 aromatic rings. The Morgan fingerprint density at radius 1 is 1.06 bits per heavy atom. The highest BCUT2D eigenvalue weighted by Gasteiger charge is 2.16. The molecule has 0 unspecified atom stereocenters. The zero-order valence-corrected chi connectivity index (χ0v) is 10.5. The van der Waals surface area contributed by atoms with E-state index in [9.17, 15) is 5.11 Å². The van der Waals surface area contributed by atoms with Gasteiger partial charge in [-0.3, -0.25) is 0 Å². The van der Waals surface area contributed by atoms with Crippen molar-refractivity contribution in [2.24, 2.45) is 0 Å². The molecule has 0 aliphatic rings. The van der Waals surface area contributed by atoms with Crippen LogP contribution in [-0.2, 0) is 0 Å². The molecule has 90 valence electrons. The number of phenolic OH excluding ortho intramolecular Hbond substituents is 1. The molecule has 0 fully saturated rings. The molecule has 0 amide bonds. The average molecular weight is 280 g/mol. The number of rotatable bonds is 1. The summed E-state index contributed by atoms with van der Waals surface area (Å²) in [5.41, 5.74) is 1.87. The van der Waals surface area contributed by atoms with E-state index in [2.05, 4.69) is 4.98 Å². The van der Waals surface area contributed by atoms with E-state index in [1.807, 2.05) is 24.3 Å². The Morgan fingerprint density at radius 3 is 2.39 bits per heavy atom. The smallest absolute Gasteiger partial charge is 0.230 e. The average Bonchev–Trinajstić information content (AvgIpc) is 2.70. The first-order valence-corrected chi connectivity index (χ1v) is 5.95. The van der Waals surface area contributed by atoms with Gasteiger partial charge in [-0.15, -0.1) is 0 Å². The topological polar surface area (TPSA) is 46.3 Å². The Labute approximate surface area is 113 Å². The van der Waals surface area contributed by atoms with E-state index >= 15 is 0 Å². The van der Waals surface area contributed by atoms with Crippen molar-refractivity contribution in [3.8, 4) is 17.2 Å². The maximum Gasteiger partial charge on any atom is 0.230 e. The largest absolute Gasteiger partial charge is 0.508 e. The third-order valence-electron chi connectivity index (χ3n) is 2.53. The first kappa shape index (κ1) is 11.4. The van der Waals surface area contributed by atoms with Crippen LogP contribution in [0.4, 0.5) is 0 Å². The van der Waals surface area contributed by atoms with Gasteiger partial charge < -0.3 is 9.52 Å². The number of nitrogens with zero attached hydrogens (tertiary/aromatic N) is 1. The summed E-state index contributed by atoms with van der Waals surface area (Å²) in [6.45, 7) is 0. The molecule has 0 radical (unpaired) electrons. The lowest BCUT2D eigenvalue weighted by atomic mass is 10.2. The Balaban J connectivity index is 2.26. The number of aromatic hydroxyl groups is 1. The predicted octanol–water partition coefficient (Wildman–Crippen LogP) is 4.51. The van der Waals surface area contributed by atoms with Crippen molar-refractivity contribution >= 4 is 34.3 Å². The highest BCUT2D eigenvalue weighted by Crippen LogP contribution is 2.38. The van der Waals surface area contributed by atoms with Crippen molar-refractivity contribution in [2.75, 3.05) is 0 Å². The molecule has 1 N–H and O–H groups in total. The van der Waals surface area contributed by atoms with Crippen LogP contribution in [-0.4, -0.2) is 10.1 Å². The summed E-state index contributed by atoms with van der Waals surface area (Å²) < 4.78 is 5.59. The lowest BCUT2D eigenvalue weighted by Crippen LogP contribution is -1.81. The number of para-hydroxylation sites is 2. The maximum atomic E-state index is 9.39. The number of phenols is 1. The quantitative estimate of drug-likeness (QED) is 0.713. The van der Waals surface area contributed by atoms with Gasteiger partial charge in [-0.05, 0) is 24.3 Å². The van der Waals surface area contributed by atoms with Crippen LogP contribution in [0.2, 0.25) is 10.0 Å². The lowest BCUT2D eigenvalue weighted by molar-refractivity contribution is 0.475. The molecule has 3 rings (SSSR count). The van der Waals surface area contributed by atoms with Gasteiger partial charge in [0.2, 0.25) is 5.89 Å². The van der Waals surface area contributed by atoms with Gasteiger partial charge in [0.1, 0.15) is 11.3 Å². The summed E-state index contributed by atoms with van der Waals surface area (Å²) in [5.74, 6) is 0.344. The van der Waals surface area contributed by atoms with E-state index < -0.39 is 0 Å². The van der Waals surface area contributed by atoms with E-state index in [1.165, 1.54) is 12.1 Å². The predicted molar refractivity (Wildman–Crippen MR) is 71.1 cm³/mol. The fourth-order valence-electron chi connectivity index (χ4n) is 1.74. The molecule has 0 aliphatic carbocycles. The monoisotopic (exact) mass is 279 g/mol. The number of hydrogen-bond donors (Lipinski definition) is 1. The van der Waals surface area contributed by atoms with Crippen LogP contribution in [0.5, 0.6) is 5.75 Å². The zero-order valence-electron chi connectivity index (χ0n) is 9.02. The second-order valence-corrected chi connectivity index (χ2v) is 4.59.